The number of nitrogens with zero attached hydrogens (tertiary/aromatic N) is 3. The lowest BCUT2D eigenvalue weighted by Gasteiger charge is -2.32. The highest BCUT2D eigenvalue weighted by molar-refractivity contribution is 5.31. The molecule has 132 valence electrons. The highest BCUT2D eigenvalue weighted by Crippen LogP contribution is 2.22. The fourth-order valence-electron chi connectivity index (χ4n) is 3.30. The summed E-state index contributed by atoms with van der Waals surface area (Å²) in [5, 5.41) is 9.17. The van der Waals surface area contributed by atoms with Gasteiger partial charge in [0, 0.05) is 32.4 Å². The minimum absolute atomic E-state index is 0.263. The molecular weight excluding hydrogens is 314 g/mol. The molecule has 3 rings (SSSR count). The number of nitriles is 1. The van der Waals surface area contributed by atoms with Crippen LogP contribution in [0.5, 0.6) is 11.5 Å². The molecule has 2 aromatic rings. The van der Waals surface area contributed by atoms with Crippen molar-refractivity contribution in [2.75, 3.05) is 20.2 Å². The first-order chi connectivity index (χ1) is 12.2. The van der Waals surface area contributed by atoms with Crippen LogP contribution in [0.1, 0.15) is 31.0 Å². The number of piperidine rings is 1. The van der Waals surface area contributed by atoms with Crippen molar-refractivity contribution < 1.29 is 9.47 Å². The van der Waals surface area contributed by atoms with Crippen molar-refractivity contribution in [1.29, 1.82) is 5.26 Å². The lowest BCUT2D eigenvalue weighted by molar-refractivity contribution is 0.0967. The Kier molecular flexibility index (Phi) is 5.62. The van der Waals surface area contributed by atoms with E-state index in [1.54, 1.807) is 7.11 Å². The Hall–Kier alpha value is -2.45. The summed E-state index contributed by atoms with van der Waals surface area (Å²) in [5.74, 6) is 1.75. The average Bonchev–Trinajstić information content (AvgIpc) is 3.06. The van der Waals surface area contributed by atoms with Crippen LogP contribution in [0.3, 0.4) is 0 Å². The highest BCUT2D eigenvalue weighted by atomic mass is 16.5. The monoisotopic (exact) mass is 339 g/mol. The van der Waals surface area contributed by atoms with Crippen molar-refractivity contribution in [3.63, 3.8) is 0 Å². The van der Waals surface area contributed by atoms with E-state index < -0.39 is 0 Å². The molecule has 1 aliphatic heterocycles. The van der Waals surface area contributed by atoms with E-state index in [9.17, 15) is 0 Å². The van der Waals surface area contributed by atoms with Gasteiger partial charge in [-0.15, -0.1) is 0 Å². The molecular formula is C20H25N3O2. The summed E-state index contributed by atoms with van der Waals surface area (Å²) in [6.07, 6.45) is 4.40. The van der Waals surface area contributed by atoms with Gasteiger partial charge >= 0.3 is 0 Å². The van der Waals surface area contributed by atoms with Gasteiger partial charge < -0.3 is 14.0 Å². The average molecular weight is 339 g/mol. The number of ether oxygens (including phenoxy) is 2. The van der Waals surface area contributed by atoms with Gasteiger partial charge in [0.25, 0.3) is 0 Å². The second-order valence-electron chi connectivity index (χ2n) is 6.40. The van der Waals surface area contributed by atoms with Gasteiger partial charge in [0.1, 0.15) is 29.4 Å². The van der Waals surface area contributed by atoms with Crippen LogP contribution in [0.2, 0.25) is 0 Å². The molecule has 5 nitrogen and oxygen atoms in total. The number of benzene rings is 1. The maximum Gasteiger partial charge on any atom is 0.120 e. The first-order valence-electron chi connectivity index (χ1n) is 8.84. The Bertz CT molecular complexity index is 722. The molecule has 0 atom stereocenters. The summed E-state index contributed by atoms with van der Waals surface area (Å²) in [6.45, 7) is 5.82. The van der Waals surface area contributed by atoms with Crippen molar-refractivity contribution in [3.05, 3.63) is 47.8 Å². The van der Waals surface area contributed by atoms with Crippen LogP contribution in [0.4, 0.5) is 0 Å². The number of likely N-dealkylation sites (tertiary alicyclic amines) is 1. The molecule has 0 aliphatic carbocycles. The van der Waals surface area contributed by atoms with Gasteiger partial charge in [0.15, 0.2) is 0 Å². The molecule has 0 amide bonds. The molecule has 0 saturated carbocycles. The molecule has 1 fully saturated rings. The van der Waals surface area contributed by atoms with E-state index in [0.29, 0.717) is 0 Å². The number of methoxy groups -OCH3 is 1. The predicted octanol–water partition coefficient (Wildman–Crippen LogP) is 3.43. The molecule has 0 N–H and O–H groups in total. The third kappa shape index (κ3) is 4.34. The molecule has 1 aromatic heterocycles. The normalized spacial score (nSPS) is 15.7. The summed E-state index contributed by atoms with van der Waals surface area (Å²) >= 11 is 0. The van der Waals surface area contributed by atoms with Crippen molar-refractivity contribution in [2.45, 2.75) is 39.0 Å². The van der Waals surface area contributed by atoms with Gasteiger partial charge in [0.05, 0.1) is 7.11 Å². The van der Waals surface area contributed by atoms with Gasteiger partial charge in [-0.3, -0.25) is 4.90 Å². The lowest BCUT2D eigenvalue weighted by Crippen LogP contribution is -2.37. The number of hydrogen-bond donors (Lipinski definition) is 0. The fourth-order valence-corrected chi connectivity index (χ4v) is 3.30. The van der Waals surface area contributed by atoms with E-state index in [4.69, 9.17) is 14.7 Å². The minimum Gasteiger partial charge on any atom is -0.497 e. The van der Waals surface area contributed by atoms with Gasteiger partial charge in [-0.1, -0.05) is 0 Å². The van der Waals surface area contributed by atoms with Crippen LogP contribution in [-0.4, -0.2) is 35.8 Å². The zero-order valence-corrected chi connectivity index (χ0v) is 14.9. The number of hydrogen-bond acceptors (Lipinski definition) is 4. The Labute approximate surface area is 149 Å². The van der Waals surface area contributed by atoms with E-state index in [0.717, 1.165) is 56.2 Å². The van der Waals surface area contributed by atoms with Crippen molar-refractivity contribution in [2.24, 2.45) is 0 Å². The van der Waals surface area contributed by atoms with Gasteiger partial charge in [-0.25, -0.2) is 0 Å². The first-order valence-corrected chi connectivity index (χ1v) is 8.84. The largest absolute Gasteiger partial charge is 0.497 e. The van der Waals surface area contributed by atoms with Crippen LogP contribution in [0.25, 0.3) is 0 Å². The number of aromatic nitrogens is 1. The Morgan fingerprint density at radius 1 is 1.16 bits per heavy atom. The molecule has 2 heterocycles. The molecule has 25 heavy (non-hydrogen) atoms. The first kappa shape index (κ1) is 17.4. The third-order valence-electron chi connectivity index (χ3n) is 4.71. The van der Waals surface area contributed by atoms with Gasteiger partial charge in [-0.2, -0.15) is 5.26 Å². The molecule has 0 spiro atoms. The Morgan fingerprint density at radius 2 is 1.84 bits per heavy atom. The maximum absolute atomic E-state index is 9.17. The van der Waals surface area contributed by atoms with Crippen molar-refractivity contribution >= 4 is 0 Å². The van der Waals surface area contributed by atoms with E-state index in [-0.39, 0.29) is 6.10 Å². The van der Waals surface area contributed by atoms with Crippen LogP contribution in [0.15, 0.2) is 36.5 Å². The molecule has 0 radical (unpaired) electrons. The second-order valence-corrected chi connectivity index (χ2v) is 6.40. The summed E-state index contributed by atoms with van der Waals surface area (Å²) in [5.41, 5.74) is 1.96. The van der Waals surface area contributed by atoms with Crippen LogP contribution in [0, 0.1) is 11.3 Å². The molecule has 5 heteroatoms. The Balaban J connectivity index is 1.50. The molecule has 0 bridgehead atoms. The zero-order valence-electron chi connectivity index (χ0n) is 14.9. The molecule has 1 aromatic carbocycles. The standard InChI is InChI=1S/C20H25N3O2/c1-3-23-15-16(12-17(23)13-21)14-22-10-8-20(9-11-22)25-19-6-4-18(24-2)5-7-19/h4-7,12,15,20H,3,8-11,14H2,1-2H3. The van der Waals surface area contributed by atoms with Crippen LogP contribution in [-0.2, 0) is 13.1 Å². The summed E-state index contributed by atoms with van der Waals surface area (Å²) in [6, 6.07) is 12.0. The smallest absolute Gasteiger partial charge is 0.120 e. The zero-order chi connectivity index (χ0) is 17.6. The molecule has 0 unspecified atom stereocenters. The molecule has 1 saturated heterocycles. The van der Waals surface area contributed by atoms with Crippen molar-refractivity contribution in [3.8, 4) is 17.6 Å². The second kappa shape index (κ2) is 8.09. The van der Waals surface area contributed by atoms with E-state index >= 15 is 0 Å². The molecule has 1 aliphatic rings. The summed E-state index contributed by atoms with van der Waals surface area (Å²) < 4.78 is 13.3. The quantitative estimate of drug-likeness (QED) is 0.809. The van der Waals surface area contributed by atoms with Crippen LogP contribution >= 0.6 is 0 Å². The highest BCUT2D eigenvalue weighted by Gasteiger charge is 2.21. The van der Waals surface area contributed by atoms with E-state index in [1.807, 2.05) is 34.9 Å². The maximum atomic E-state index is 9.17. The fraction of sp³-hybridized carbons (Fsp3) is 0.450. The predicted molar refractivity (Wildman–Crippen MR) is 96.7 cm³/mol. The minimum atomic E-state index is 0.263. The number of rotatable bonds is 6. The van der Waals surface area contributed by atoms with Gasteiger partial charge in [0.2, 0.25) is 0 Å². The lowest BCUT2D eigenvalue weighted by atomic mass is 10.1. The Morgan fingerprint density at radius 3 is 2.40 bits per heavy atom. The third-order valence-corrected chi connectivity index (χ3v) is 4.71. The number of aryl methyl sites for hydroxylation is 1. The SMILES string of the molecule is CCn1cc(CN2CCC(Oc3ccc(OC)cc3)CC2)cc1C#N. The summed E-state index contributed by atoms with van der Waals surface area (Å²) in [7, 11) is 1.67. The van der Waals surface area contributed by atoms with E-state index in [2.05, 4.69) is 24.1 Å². The van der Waals surface area contributed by atoms with E-state index in [1.165, 1.54) is 5.56 Å². The van der Waals surface area contributed by atoms with Crippen LogP contribution < -0.4 is 9.47 Å². The van der Waals surface area contributed by atoms with Gasteiger partial charge in [-0.05, 0) is 55.7 Å². The van der Waals surface area contributed by atoms with Crippen molar-refractivity contribution in [1.82, 2.24) is 9.47 Å². The topological polar surface area (TPSA) is 50.4 Å². The summed E-state index contributed by atoms with van der Waals surface area (Å²) in [4.78, 5) is 2.43.